The molecule has 0 aliphatic heterocycles. The van der Waals surface area contributed by atoms with Crippen LogP contribution in [0.5, 0.6) is 5.75 Å². The Hall–Kier alpha value is -4.00. The van der Waals surface area contributed by atoms with Crippen LogP contribution < -0.4 is 15.7 Å². The Morgan fingerprint density at radius 2 is 1.81 bits per heavy atom. The van der Waals surface area contributed by atoms with E-state index in [-0.39, 0.29) is 5.69 Å². The molecule has 0 unspecified atom stereocenters. The maximum atomic E-state index is 13.8. The molecule has 0 saturated carbocycles. The smallest absolute Gasteiger partial charge is 0.336 e. The summed E-state index contributed by atoms with van der Waals surface area (Å²) in [5.41, 5.74) is 1.82. The van der Waals surface area contributed by atoms with Gasteiger partial charge in [-0.3, -0.25) is 4.79 Å². The zero-order valence-electron chi connectivity index (χ0n) is 16.4. The monoisotopic (exact) mass is 421 g/mol. The fraction of sp³-hybridized carbons (Fsp3) is 0.0833. The predicted molar refractivity (Wildman–Crippen MR) is 113 cm³/mol. The second-order valence-electron chi connectivity index (χ2n) is 6.94. The van der Waals surface area contributed by atoms with Crippen LogP contribution in [0.15, 0.2) is 75.9 Å². The van der Waals surface area contributed by atoms with Crippen LogP contribution in [0.1, 0.15) is 5.56 Å². The molecule has 4 rings (SSSR count). The first-order chi connectivity index (χ1) is 14.9. The summed E-state index contributed by atoms with van der Waals surface area (Å²) >= 11 is 0. The largest absolute Gasteiger partial charge is 0.483 e. The van der Waals surface area contributed by atoms with Crippen LogP contribution in [-0.4, -0.2) is 12.5 Å². The van der Waals surface area contributed by atoms with Crippen molar-refractivity contribution in [2.45, 2.75) is 6.92 Å². The minimum Gasteiger partial charge on any atom is -0.483 e. The molecule has 1 heterocycles. The summed E-state index contributed by atoms with van der Waals surface area (Å²) in [6, 6.07) is 16.9. The molecule has 0 bridgehead atoms. The van der Waals surface area contributed by atoms with Crippen LogP contribution in [0.4, 0.5) is 14.5 Å². The highest BCUT2D eigenvalue weighted by atomic mass is 19.1. The minimum atomic E-state index is -0.887. The highest BCUT2D eigenvalue weighted by Crippen LogP contribution is 2.35. The van der Waals surface area contributed by atoms with Crippen molar-refractivity contribution in [2.24, 2.45) is 0 Å². The van der Waals surface area contributed by atoms with E-state index in [1.807, 2.05) is 30.3 Å². The molecule has 4 aromatic rings. The van der Waals surface area contributed by atoms with Gasteiger partial charge in [-0.15, -0.1) is 0 Å². The van der Waals surface area contributed by atoms with Gasteiger partial charge in [-0.2, -0.15) is 0 Å². The van der Waals surface area contributed by atoms with Gasteiger partial charge in [0, 0.05) is 17.7 Å². The van der Waals surface area contributed by atoms with E-state index >= 15 is 0 Å². The van der Waals surface area contributed by atoms with Crippen LogP contribution >= 0.6 is 0 Å². The zero-order chi connectivity index (χ0) is 22.0. The summed E-state index contributed by atoms with van der Waals surface area (Å²) in [4.78, 5) is 24.4. The number of amides is 1. The Bertz CT molecular complexity index is 1330. The fourth-order valence-electron chi connectivity index (χ4n) is 3.27. The highest BCUT2D eigenvalue weighted by molar-refractivity contribution is 5.98. The Labute approximate surface area is 175 Å². The van der Waals surface area contributed by atoms with Gasteiger partial charge >= 0.3 is 5.63 Å². The summed E-state index contributed by atoms with van der Waals surface area (Å²) in [6.45, 7) is 1.37. The van der Waals surface area contributed by atoms with E-state index in [0.29, 0.717) is 28.3 Å². The summed E-state index contributed by atoms with van der Waals surface area (Å²) in [5.74, 6) is -1.92. The lowest BCUT2D eigenvalue weighted by Gasteiger charge is -2.13. The van der Waals surface area contributed by atoms with Gasteiger partial charge in [-0.25, -0.2) is 13.6 Å². The second-order valence-corrected chi connectivity index (χ2v) is 6.94. The molecule has 3 aromatic carbocycles. The minimum absolute atomic E-state index is 0.153. The quantitative estimate of drug-likeness (QED) is 0.457. The summed E-state index contributed by atoms with van der Waals surface area (Å²) in [5, 5.41) is 2.89. The van der Waals surface area contributed by atoms with Gasteiger partial charge in [0.2, 0.25) is 0 Å². The standard InChI is InChI=1S/C24H17F2NO4/c1-14-9-20(30-13-22(28)27-19-8-7-16(25)11-18(19)26)24-17(15-5-3-2-4-6-15)12-23(29)31-21(24)10-14/h2-12H,13H2,1H3,(H,27,28). The van der Waals surface area contributed by atoms with E-state index in [9.17, 15) is 18.4 Å². The van der Waals surface area contributed by atoms with Crippen molar-refractivity contribution >= 4 is 22.6 Å². The molecule has 0 fully saturated rings. The fourth-order valence-corrected chi connectivity index (χ4v) is 3.27. The van der Waals surface area contributed by atoms with Gasteiger partial charge in [0.15, 0.2) is 6.61 Å². The molecule has 1 amide bonds. The molecule has 0 atom stereocenters. The van der Waals surface area contributed by atoms with Crippen molar-refractivity contribution in [1.29, 1.82) is 0 Å². The maximum Gasteiger partial charge on any atom is 0.336 e. The first kappa shape index (κ1) is 20.3. The molecule has 1 aromatic heterocycles. The average Bonchev–Trinajstić information content (AvgIpc) is 2.73. The Morgan fingerprint density at radius 3 is 2.55 bits per heavy atom. The first-order valence-electron chi connectivity index (χ1n) is 9.42. The molecule has 31 heavy (non-hydrogen) atoms. The SMILES string of the molecule is Cc1cc(OCC(=O)Nc2ccc(F)cc2F)c2c(-c3ccccc3)cc(=O)oc2c1. The number of carbonyl (C=O) groups excluding carboxylic acids is 1. The Morgan fingerprint density at radius 1 is 1.03 bits per heavy atom. The van der Waals surface area contributed by atoms with Gasteiger partial charge in [-0.05, 0) is 42.3 Å². The highest BCUT2D eigenvalue weighted by Gasteiger charge is 2.16. The molecule has 0 aliphatic carbocycles. The lowest BCUT2D eigenvalue weighted by molar-refractivity contribution is -0.118. The van der Waals surface area contributed by atoms with Crippen LogP contribution in [0.3, 0.4) is 0 Å². The van der Waals surface area contributed by atoms with Gasteiger partial charge in [0.05, 0.1) is 11.1 Å². The van der Waals surface area contributed by atoms with E-state index in [1.165, 1.54) is 6.07 Å². The number of halogens is 2. The molecule has 1 N–H and O–H groups in total. The molecule has 156 valence electrons. The number of nitrogens with one attached hydrogen (secondary N) is 1. The van der Waals surface area contributed by atoms with Gasteiger partial charge in [-0.1, -0.05) is 30.3 Å². The molecule has 0 radical (unpaired) electrons. The van der Waals surface area contributed by atoms with Crippen LogP contribution in [0.25, 0.3) is 22.1 Å². The lowest BCUT2D eigenvalue weighted by Crippen LogP contribution is -2.21. The van der Waals surface area contributed by atoms with E-state index < -0.39 is 29.8 Å². The Balaban J connectivity index is 1.67. The van der Waals surface area contributed by atoms with Crippen molar-refractivity contribution < 1.29 is 22.7 Å². The molecule has 0 aliphatic rings. The molecule has 0 saturated heterocycles. The number of benzene rings is 3. The van der Waals surface area contributed by atoms with Crippen molar-refractivity contribution in [3.8, 4) is 16.9 Å². The zero-order valence-corrected chi connectivity index (χ0v) is 16.4. The topological polar surface area (TPSA) is 68.5 Å². The average molecular weight is 421 g/mol. The number of ether oxygens (including phenoxy) is 1. The van der Waals surface area contributed by atoms with E-state index in [1.54, 1.807) is 19.1 Å². The number of hydrogen-bond donors (Lipinski definition) is 1. The second kappa shape index (κ2) is 8.39. The molecule has 7 heteroatoms. The van der Waals surface area contributed by atoms with Crippen molar-refractivity contribution in [2.75, 3.05) is 11.9 Å². The number of fused-ring (bicyclic) bond motifs is 1. The Kier molecular flexibility index (Phi) is 5.49. The summed E-state index contributed by atoms with van der Waals surface area (Å²) in [6.07, 6.45) is 0. The number of aryl methyl sites for hydroxylation is 1. The van der Waals surface area contributed by atoms with E-state index in [2.05, 4.69) is 5.32 Å². The van der Waals surface area contributed by atoms with Crippen molar-refractivity contribution in [1.82, 2.24) is 0 Å². The predicted octanol–water partition coefficient (Wildman–Crippen LogP) is 5.06. The number of rotatable bonds is 5. The van der Waals surface area contributed by atoms with E-state index in [0.717, 1.165) is 23.3 Å². The van der Waals surface area contributed by atoms with Gasteiger partial charge < -0.3 is 14.5 Å². The van der Waals surface area contributed by atoms with Crippen molar-refractivity contribution in [3.63, 3.8) is 0 Å². The van der Waals surface area contributed by atoms with Gasteiger partial charge in [0.1, 0.15) is 23.0 Å². The van der Waals surface area contributed by atoms with Crippen LogP contribution in [0.2, 0.25) is 0 Å². The molecule has 0 spiro atoms. The molecule has 5 nitrogen and oxygen atoms in total. The number of carbonyl (C=O) groups is 1. The number of hydrogen-bond acceptors (Lipinski definition) is 4. The third-order valence-corrected chi connectivity index (χ3v) is 4.60. The van der Waals surface area contributed by atoms with Crippen molar-refractivity contribution in [3.05, 3.63) is 94.3 Å². The first-order valence-corrected chi connectivity index (χ1v) is 9.42. The van der Waals surface area contributed by atoms with Gasteiger partial charge in [0.25, 0.3) is 5.91 Å². The van der Waals surface area contributed by atoms with Crippen LogP contribution in [0, 0.1) is 18.6 Å². The maximum absolute atomic E-state index is 13.8. The number of anilines is 1. The van der Waals surface area contributed by atoms with Crippen LogP contribution in [-0.2, 0) is 4.79 Å². The molecular weight excluding hydrogens is 404 g/mol. The third kappa shape index (κ3) is 4.45. The third-order valence-electron chi connectivity index (χ3n) is 4.60. The normalized spacial score (nSPS) is 10.8. The summed E-state index contributed by atoms with van der Waals surface area (Å²) < 4.78 is 37.9. The lowest BCUT2D eigenvalue weighted by atomic mass is 10.0. The molecular formula is C24H17F2NO4. The summed E-state index contributed by atoms with van der Waals surface area (Å²) in [7, 11) is 0. The van der Waals surface area contributed by atoms with E-state index in [4.69, 9.17) is 9.15 Å².